The van der Waals surface area contributed by atoms with Gasteiger partial charge in [0.2, 0.25) is 11.8 Å². The number of methoxy groups -OCH3 is 2. The Bertz CT molecular complexity index is 3590. The zero-order chi connectivity index (χ0) is 56.2. The number of hydrogen-bond acceptors (Lipinski definition) is 16. The number of nitrogens with one attached hydrogen (secondary N) is 1. The first-order chi connectivity index (χ1) is 38.2. The van der Waals surface area contributed by atoms with Gasteiger partial charge in [-0.25, -0.2) is 19.9 Å². The molecule has 10 rings (SSSR count). The summed E-state index contributed by atoms with van der Waals surface area (Å²) in [6, 6.07) is 28.2. The predicted octanol–water partition coefficient (Wildman–Crippen LogP) is 10.8. The van der Waals surface area contributed by atoms with Gasteiger partial charge in [-0.15, -0.1) is 0 Å². The third-order valence-electron chi connectivity index (χ3n) is 12.7. The van der Waals surface area contributed by atoms with E-state index in [1.807, 2.05) is 92.9 Å². The normalized spacial score (nSPS) is 11.1. The maximum Gasteiger partial charge on any atom is 0.222 e. The molecule has 10 aromatic rings. The van der Waals surface area contributed by atoms with Crippen LogP contribution in [0.1, 0.15) is 87.3 Å². The van der Waals surface area contributed by atoms with E-state index in [4.69, 9.17) is 39.1 Å². The summed E-state index contributed by atoms with van der Waals surface area (Å²) in [7, 11) is 10.9. The second-order valence-electron chi connectivity index (χ2n) is 19.1. The van der Waals surface area contributed by atoms with Crippen LogP contribution in [0.5, 0.6) is 23.3 Å². The van der Waals surface area contributed by atoms with Crippen molar-refractivity contribution in [3.05, 3.63) is 144 Å². The summed E-state index contributed by atoms with van der Waals surface area (Å²) in [6.07, 6.45) is 7.01. The van der Waals surface area contributed by atoms with Gasteiger partial charge in [-0.2, -0.15) is 40.2 Å². The van der Waals surface area contributed by atoms with Crippen molar-refractivity contribution in [1.29, 1.82) is 0 Å². The minimum atomic E-state index is 0.205. The highest BCUT2D eigenvalue weighted by Crippen LogP contribution is 2.40. The molecule has 0 atom stereocenters. The average molecular weight is 1130 g/mol. The van der Waals surface area contributed by atoms with E-state index in [0.29, 0.717) is 44.6 Å². The van der Waals surface area contributed by atoms with E-state index in [1.165, 1.54) is 4.80 Å². The molecule has 20 nitrogen and oxygen atoms in total. The van der Waals surface area contributed by atoms with Gasteiger partial charge in [-0.05, 0) is 97.5 Å². The van der Waals surface area contributed by atoms with E-state index in [-0.39, 0.29) is 11.8 Å². The molecule has 0 aliphatic rings. The SMILES string of the molecule is CCOc1ncccc1-c1cc(N(Cc2ccc(OC)cc2)Cc2cnn(C)n2)c2c(C(C)C)nn(C)c2n1.CCOc1ncccc1-c1cc(NCc2ccc(OC)cc2)c2c(C(C)C)nn(C)c2n1.Cn1ncc(CBr)n1. The third kappa shape index (κ3) is 13.6. The fraction of sp³-hybridized carbons (Fsp3) is 0.345. The van der Waals surface area contributed by atoms with Crippen molar-refractivity contribution in [2.24, 2.45) is 28.2 Å². The van der Waals surface area contributed by atoms with Crippen LogP contribution in [0.2, 0.25) is 0 Å². The molecule has 79 heavy (non-hydrogen) atoms. The fourth-order valence-corrected chi connectivity index (χ4v) is 9.16. The monoisotopic (exact) mass is 1130 g/mol. The van der Waals surface area contributed by atoms with Gasteiger partial charge < -0.3 is 29.2 Å². The Kier molecular flexibility index (Phi) is 18.9. The summed E-state index contributed by atoms with van der Waals surface area (Å²) < 4.78 is 26.0. The molecule has 0 unspecified atom stereocenters. The first-order valence-corrected chi connectivity index (χ1v) is 27.3. The van der Waals surface area contributed by atoms with Crippen molar-refractivity contribution < 1.29 is 18.9 Å². The van der Waals surface area contributed by atoms with Crippen molar-refractivity contribution >= 4 is 49.4 Å². The molecule has 8 aromatic heterocycles. The molecule has 0 radical (unpaired) electrons. The van der Waals surface area contributed by atoms with Crippen LogP contribution in [0, 0.1) is 0 Å². The highest BCUT2D eigenvalue weighted by atomic mass is 79.9. The number of alkyl halides is 1. The first-order valence-electron chi connectivity index (χ1n) is 26.1. The number of hydrogen-bond donors (Lipinski definition) is 1. The van der Waals surface area contributed by atoms with Crippen molar-refractivity contribution in [3.63, 3.8) is 0 Å². The Balaban J connectivity index is 0.000000185. The molecule has 1 N–H and O–H groups in total. The molecule has 21 heteroatoms. The zero-order valence-corrected chi connectivity index (χ0v) is 48.6. The molecule has 0 aliphatic heterocycles. The number of ether oxygens (including phenoxy) is 4. The van der Waals surface area contributed by atoms with E-state index in [2.05, 4.69) is 121 Å². The summed E-state index contributed by atoms with van der Waals surface area (Å²) in [5, 5.41) is 32.9. The number of aryl methyl sites for hydroxylation is 4. The topological polar surface area (TPSA) is 201 Å². The summed E-state index contributed by atoms with van der Waals surface area (Å²) in [4.78, 5) is 24.3. The Morgan fingerprint density at radius 1 is 0.595 bits per heavy atom. The largest absolute Gasteiger partial charge is 0.497 e. The maximum absolute atomic E-state index is 5.87. The van der Waals surface area contributed by atoms with Crippen molar-refractivity contribution in [2.75, 3.05) is 37.7 Å². The second-order valence-corrected chi connectivity index (χ2v) is 19.6. The Labute approximate surface area is 469 Å². The number of halogens is 1. The summed E-state index contributed by atoms with van der Waals surface area (Å²) in [5.41, 5.74) is 13.0. The van der Waals surface area contributed by atoms with E-state index in [1.54, 1.807) is 50.9 Å². The molecular weight excluding hydrogens is 1060 g/mol. The molecule has 0 aliphatic carbocycles. The number of rotatable bonds is 19. The van der Waals surface area contributed by atoms with Gasteiger partial charge in [0, 0.05) is 64.7 Å². The van der Waals surface area contributed by atoms with Crippen molar-refractivity contribution in [2.45, 2.75) is 78.3 Å². The molecular formula is C58H69BrN16O4. The predicted molar refractivity (Wildman–Crippen MR) is 312 cm³/mol. The van der Waals surface area contributed by atoms with Crippen LogP contribution in [0.4, 0.5) is 11.4 Å². The van der Waals surface area contributed by atoms with E-state index in [9.17, 15) is 0 Å². The van der Waals surface area contributed by atoms with Gasteiger partial charge in [0.1, 0.15) is 17.2 Å². The maximum atomic E-state index is 5.87. The third-order valence-corrected chi connectivity index (χ3v) is 13.2. The summed E-state index contributed by atoms with van der Waals surface area (Å²) >= 11 is 3.25. The lowest BCUT2D eigenvalue weighted by atomic mass is 10.0. The van der Waals surface area contributed by atoms with Gasteiger partial charge in [0.05, 0.1) is 102 Å². The fourth-order valence-electron chi connectivity index (χ4n) is 8.91. The lowest BCUT2D eigenvalue weighted by Gasteiger charge is -2.26. The van der Waals surface area contributed by atoms with Gasteiger partial charge in [0.25, 0.3) is 0 Å². The van der Waals surface area contributed by atoms with Crippen LogP contribution < -0.4 is 29.2 Å². The Morgan fingerprint density at radius 3 is 1.56 bits per heavy atom. The van der Waals surface area contributed by atoms with Crippen LogP contribution in [0.25, 0.3) is 44.6 Å². The van der Waals surface area contributed by atoms with Gasteiger partial charge in [0.15, 0.2) is 11.3 Å². The number of fused-ring (bicyclic) bond motifs is 2. The molecule has 0 fully saturated rings. The lowest BCUT2D eigenvalue weighted by molar-refractivity contribution is 0.328. The number of benzene rings is 2. The summed E-state index contributed by atoms with van der Waals surface area (Å²) in [6.45, 7) is 15.4. The number of nitrogens with zero attached hydrogens (tertiary/aromatic N) is 15. The van der Waals surface area contributed by atoms with Gasteiger partial charge in [-0.3, -0.25) is 9.36 Å². The quantitative estimate of drug-likeness (QED) is 0.0749. The second kappa shape index (κ2) is 26.3. The van der Waals surface area contributed by atoms with E-state index >= 15 is 0 Å². The number of pyridine rings is 4. The number of anilines is 2. The van der Waals surface area contributed by atoms with E-state index < -0.39 is 0 Å². The van der Waals surface area contributed by atoms with Crippen LogP contribution >= 0.6 is 15.9 Å². The van der Waals surface area contributed by atoms with Crippen LogP contribution in [0.15, 0.2) is 110 Å². The van der Waals surface area contributed by atoms with Gasteiger partial charge in [-0.1, -0.05) is 67.9 Å². The molecule has 412 valence electrons. The minimum absolute atomic E-state index is 0.205. The summed E-state index contributed by atoms with van der Waals surface area (Å²) in [5.74, 6) is 3.27. The van der Waals surface area contributed by atoms with Gasteiger partial charge >= 0.3 is 0 Å². The van der Waals surface area contributed by atoms with Crippen LogP contribution in [-0.2, 0) is 53.2 Å². The molecule has 0 saturated heterocycles. The lowest BCUT2D eigenvalue weighted by Crippen LogP contribution is -2.23. The Hall–Kier alpha value is -8.46. The highest BCUT2D eigenvalue weighted by molar-refractivity contribution is 9.08. The zero-order valence-electron chi connectivity index (χ0n) is 47.0. The van der Waals surface area contributed by atoms with E-state index in [0.717, 1.165) is 107 Å². The smallest absolute Gasteiger partial charge is 0.222 e. The standard InChI is InChI=1S/C29H34N8O2.C25H29N5O2.C4H6BrN3/c1-7-39-29-23(9-8-14-30-29)24-15-25(26-27(19(2)3)34-35(4)28(26)32-24)37(18-21-16-31-36(5)33-21)17-20-10-12-22(38-6)13-11-20;1-6-32-25-19(8-7-13-26-25)20-14-21(27-15-17-9-11-18(31-5)12-10-17)22-23(16(2)3)29-30(4)24(22)28-20;1-8-6-3-4(2-5)7-8/h8-16,19H,7,17-18H2,1-6H3;7-14,16H,6,15H2,1-5H3,(H,27,28);3H,2H2,1H3. The molecule has 0 spiro atoms. The van der Waals surface area contributed by atoms with Crippen molar-refractivity contribution in [3.8, 4) is 45.8 Å². The molecule has 2 aromatic carbocycles. The van der Waals surface area contributed by atoms with Crippen LogP contribution in [0.3, 0.4) is 0 Å². The Morgan fingerprint density at radius 2 is 1.09 bits per heavy atom. The first kappa shape index (κ1) is 56.7. The van der Waals surface area contributed by atoms with Crippen LogP contribution in [-0.4, -0.2) is 96.9 Å². The molecule has 0 amide bonds. The van der Waals surface area contributed by atoms with Crippen molar-refractivity contribution in [1.82, 2.24) is 69.5 Å². The molecule has 0 bridgehead atoms. The average Bonchev–Trinajstić information content (AvgIpc) is 4.46. The number of aromatic nitrogens is 14. The minimum Gasteiger partial charge on any atom is -0.497 e. The molecule has 8 heterocycles. The highest BCUT2D eigenvalue weighted by Gasteiger charge is 2.25. The molecule has 0 saturated carbocycles.